The van der Waals surface area contributed by atoms with Gasteiger partial charge in [-0.05, 0) is 17.7 Å². The minimum Gasteiger partial charge on any atom is -0.309 e. The zero-order valence-electron chi connectivity index (χ0n) is 10.9. The molecule has 0 amide bonds. The number of rotatable bonds is 5. The van der Waals surface area contributed by atoms with Gasteiger partial charge in [-0.1, -0.05) is 42.5 Å². The van der Waals surface area contributed by atoms with E-state index in [1.165, 1.54) is 4.70 Å². The van der Waals surface area contributed by atoms with E-state index in [4.69, 9.17) is 11.6 Å². The van der Waals surface area contributed by atoms with Crippen molar-refractivity contribution in [3.63, 3.8) is 0 Å². The van der Waals surface area contributed by atoms with Crippen molar-refractivity contribution in [1.29, 1.82) is 0 Å². The highest BCUT2D eigenvalue weighted by atomic mass is 35.5. The van der Waals surface area contributed by atoms with E-state index in [-0.39, 0.29) is 5.38 Å². The molecule has 0 fully saturated rings. The summed E-state index contributed by atoms with van der Waals surface area (Å²) in [4.78, 5) is 4.60. The number of nitrogens with one attached hydrogen (secondary N) is 1. The number of hydrogen-bond acceptors (Lipinski definition) is 3. The van der Waals surface area contributed by atoms with Gasteiger partial charge >= 0.3 is 0 Å². The number of alkyl halides is 1. The van der Waals surface area contributed by atoms with Crippen LogP contribution in [-0.2, 0) is 6.54 Å². The molecule has 102 valence electrons. The minimum absolute atomic E-state index is 0.00872. The smallest absolute Gasteiger partial charge is 0.108 e. The molecule has 2 aromatic carbocycles. The summed E-state index contributed by atoms with van der Waals surface area (Å²) in [6.45, 7) is 1.50. The maximum atomic E-state index is 6.37. The van der Waals surface area contributed by atoms with Crippen LogP contribution in [0, 0.1) is 0 Å². The number of nitrogens with zero attached hydrogens (tertiary/aromatic N) is 1. The Labute approximate surface area is 127 Å². The predicted octanol–water partition coefficient (Wildman–Crippen LogP) is 4.37. The number of aromatic nitrogens is 1. The maximum Gasteiger partial charge on any atom is 0.108 e. The lowest BCUT2D eigenvalue weighted by molar-refractivity contribution is 0.673. The molecule has 0 saturated heterocycles. The molecule has 20 heavy (non-hydrogen) atoms. The van der Waals surface area contributed by atoms with Crippen LogP contribution < -0.4 is 5.32 Å². The first kappa shape index (κ1) is 13.6. The van der Waals surface area contributed by atoms with Gasteiger partial charge in [0.1, 0.15) is 5.01 Å². The lowest BCUT2D eigenvalue weighted by Crippen LogP contribution is -2.18. The Morgan fingerprint density at radius 1 is 1.05 bits per heavy atom. The average Bonchev–Trinajstić information content (AvgIpc) is 2.90. The first-order valence-electron chi connectivity index (χ1n) is 6.57. The lowest BCUT2D eigenvalue weighted by Gasteiger charge is -2.10. The van der Waals surface area contributed by atoms with E-state index in [1.807, 2.05) is 36.4 Å². The maximum absolute atomic E-state index is 6.37. The topological polar surface area (TPSA) is 24.9 Å². The van der Waals surface area contributed by atoms with Gasteiger partial charge in [0.25, 0.3) is 0 Å². The Morgan fingerprint density at radius 3 is 2.60 bits per heavy atom. The van der Waals surface area contributed by atoms with Crippen LogP contribution >= 0.6 is 22.9 Å². The summed E-state index contributed by atoms with van der Waals surface area (Å²) < 4.78 is 1.23. The van der Waals surface area contributed by atoms with E-state index in [2.05, 4.69) is 28.5 Å². The van der Waals surface area contributed by atoms with Gasteiger partial charge < -0.3 is 5.32 Å². The molecular formula is C16H15ClN2S. The predicted molar refractivity (Wildman–Crippen MR) is 86.4 cm³/mol. The fourth-order valence-electron chi connectivity index (χ4n) is 2.08. The SMILES string of the molecule is ClC(CNCc1nc2ccccc2s1)c1ccccc1. The summed E-state index contributed by atoms with van der Waals surface area (Å²) in [5.41, 5.74) is 2.21. The number of hydrogen-bond donors (Lipinski definition) is 1. The second kappa shape index (κ2) is 6.35. The monoisotopic (exact) mass is 302 g/mol. The lowest BCUT2D eigenvalue weighted by atomic mass is 10.1. The van der Waals surface area contributed by atoms with Gasteiger partial charge in [-0.3, -0.25) is 0 Å². The third kappa shape index (κ3) is 3.18. The molecule has 0 aliphatic heterocycles. The molecule has 1 heterocycles. The Balaban J connectivity index is 1.57. The summed E-state index contributed by atoms with van der Waals surface area (Å²) in [5.74, 6) is 0. The molecular weight excluding hydrogens is 288 g/mol. The van der Waals surface area contributed by atoms with Crippen LogP contribution in [0.4, 0.5) is 0 Å². The third-order valence-corrected chi connectivity index (χ3v) is 4.54. The number of fused-ring (bicyclic) bond motifs is 1. The number of para-hydroxylation sites is 1. The van der Waals surface area contributed by atoms with Gasteiger partial charge in [0.2, 0.25) is 0 Å². The largest absolute Gasteiger partial charge is 0.309 e. The summed E-state index contributed by atoms with van der Waals surface area (Å²) >= 11 is 8.10. The van der Waals surface area contributed by atoms with Gasteiger partial charge in [0.15, 0.2) is 0 Å². The van der Waals surface area contributed by atoms with E-state index in [0.29, 0.717) is 0 Å². The molecule has 0 radical (unpaired) electrons. The summed E-state index contributed by atoms with van der Waals surface area (Å²) in [5, 5.41) is 4.47. The van der Waals surface area contributed by atoms with Crippen LogP contribution in [0.2, 0.25) is 0 Å². The molecule has 4 heteroatoms. The zero-order valence-corrected chi connectivity index (χ0v) is 12.5. The molecule has 3 aromatic rings. The highest BCUT2D eigenvalue weighted by molar-refractivity contribution is 7.18. The van der Waals surface area contributed by atoms with Gasteiger partial charge in [-0.15, -0.1) is 22.9 Å². The molecule has 1 N–H and O–H groups in total. The van der Waals surface area contributed by atoms with E-state index < -0.39 is 0 Å². The van der Waals surface area contributed by atoms with Crippen molar-refractivity contribution in [3.05, 3.63) is 65.2 Å². The minimum atomic E-state index is -0.00872. The molecule has 0 bridgehead atoms. The Hall–Kier alpha value is -1.42. The van der Waals surface area contributed by atoms with Gasteiger partial charge in [-0.2, -0.15) is 0 Å². The van der Waals surface area contributed by atoms with Crippen LogP contribution in [0.1, 0.15) is 15.9 Å². The van der Waals surface area contributed by atoms with Crippen molar-refractivity contribution in [3.8, 4) is 0 Å². The van der Waals surface area contributed by atoms with Crippen molar-refractivity contribution in [2.24, 2.45) is 0 Å². The summed E-state index contributed by atoms with van der Waals surface area (Å²) in [6, 6.07) is 18.3. The first-order chi connectivity index (χ1) is 9.83. The molecule has 0 spiro atoms. The fraction of sp³-hybridized carbons (Fsp3) is 0.188. The molecule has 0 saturated carbocycles. The van der Waals surface area contributed by atoms with E-state index in [0.717, 1.165) is 29.2 Å². The van der Waals surface area contributed by atoms with Crippen LogP contribution in [-0.4, -0.2) is 11.5 Å². The van der Waals surface area contributed by atoms with Crippen LogP contribution in [0.15, 0.2) is 54.6 Å². The molecule has 1 unspecified atom stereocenters. The van der Waals surface area contributed by atoms with Crippen molar-refractivity contribution in [1.82, 2.24) is 10.3 Å². The number of halogens is 1. The Bertz CT molecular complexity index is 648. The van der Waals surface area contributed by atoms with Crippen molar-refractivity contribution in [2.75, 3.05) is 6.54 Å². The normalized spacial score (nSPS) is 12.7. The highest BCUT2D eigenvalue weighted by Crippen LogP contribution is 2.22. The quantitative estimate of drug-likeness (QED) is 0.708. The molecule has 1 aromatic heterocycles. The van der Waals surface area contributed by atoms with Crippen LogP contribution in [0.25, 0.3) is 10.2 Å². The van der Waals surface area contributed by atoms with Crippen molar-refractivity contribution >= 4 is 33.2 Å². The molecule has 0 aliphatic carbocycles. The molecule has 0 aliphatic rings. The molecule has 1 atom stereocenters. The second-order valence-electron chi connectivity index (χ2n) is 4.58. The Morgan fingerprint density at radius 2 is 1.80 bits per heavy atom. The standard InChI is InChI=1S/C16H15ClN2S/c17-13(12-6-2-1-3-7-12)10-18-11-16-19-14-8-4-5-9-15(14)20-16/h1-9,13,18H,10-11H2. The highest BCUT2D eigenvalue weighted by Gasteiger charge is 2.07. The summed E-state index contributed by atoms with van der Waals surface area (Å²) in [7, 11) is 0. The van der Waals surface area contributed by atoms with Gasteiger partial charge in [-0.25, -0.2) is 4.98 Å². The first-order valence-corrected chi connectivity index (χ1v) is 7.82. The Kier molecular flexibility index (Phi) is 4.31. The van der Waals surface area contributed by atoms with E-state index in [1.54, 1.807) is 11.3 Å². The van der Waals surface area contributed by atoms with E-state index in [9.17, 15) is 0 Å². The zero-order chi connectivity index (χ0) is 13.8. The van der Waals surface area contributed by atoms with Crippen LogP contribution in [0.5, 0.6) is 0 Å². The molecule has 3 rings (SSSR count). The van der Waals surface area contributed by atoms with E-state index >= 15 is 0 Å². The summed E-state index contributed by atoms with van der Waals surface area (Å²) in [6.07, 6.45) is 0. The third-order valence-electron chi connectivity index (χ3n) is 3.10. The number of benzene rings is 2. The fourth-order valence-corrected chi connectivity index (χ4v) is 3.27. The van der Waals surface area contributed by atoms with Crippen molar-refractivity contribution in [2.45, 2.75) is 11.9 Å². The second-order valence-corrected chi connectivity index (χ2v) is 6.23. The van der Waals surface area contributed by atoms with Gasteiger partial charge in [0, 0.05) is 13.1 Å². The average molecular weight is 303 g/mol. The van der Waals surface area contributed by atoms with Crippen LogP contribution in [0.3, 0.4) is 0 Å². The van der Waals surface area contributed by atoms with Gasteiger partial charge in [0.05, 0.1) is 15.6 Å². The number of thiazole rings is 1. The van der Waals surface area contributed by atoms with Crippen molar-refractivity contribution < 1.29 is 0 Å². The molecule has 2 nitrogen and oxygen atoms in total.